The van der Waals surface area contributed by atoms with Gasteiger partial charge < -0.3 is 14.9 Å². The van der Waals surface area contributed by atoms with E-state index in [0.29, 0.717) is 19.8 Å². The molecule has 0 bridgehead atoms. The van der Waals surface area contributed by atoms with Crippen LogP contribution in [0, 0.1) is 0 Å². The molecule has 1 aliphatic heterocycles. The fraction of sp³-hybridized carbons (Fsp3) is 0.923. The van der Waals surface area contributed by atoms with Gasteiger partial charge in [0.05, 0.1) is 19.7 Å². The first-order chi connectivity index (χ1) is 8.66. The molecule has 0 aliphatic carbocycles. The summed E-state index contributed by atoms with van der Waals surface area (Å²) >= 11 is 0. The minimum atomic E-state index is -1.25. The highest BCUT2D eigenvalue weighted by Gasteiger charge is 2.37. The predicted molar refractivity (Wildman–Crippen MR) is 71.1 cm³/mol. The van der Waals surface area contributed by atoms with Gasteiger partial charge in [-0.3, -0.25) is 14.6 Å². The molecule has 1 aliphatic rings. The summed E-state index contributed by atoms with van der Waals surface area (Å²) in [5.41, 5.74) is -2.19. The van der Waals surface area contributed by atoms with Crippen LogP contribution in [0.3, 0.4) is 0 Å². The normalized spacial score (nSPS) is 22.0. The molecule has 0 amide bonds. The van der Waals surface area contributed by atoms with Crippen LogP contribution in [0.4, 0.5) is 0 Å². The van der Waals surface area contributed by atoms with Crippen molar-refractivity contribution in [3.05, 3.63) is 0 Å². The molecule has 1 fully saturated rings. The van der Waals surface area contributed by atoms with Crippen LogP contribution in [-0.4, -0.2) is 63.8 Å². The number of hydrogen-bond donors (Lipinski definition) is 2. The van der Waals surface area contributed by atoms with Gasteiger partial charge in [-0.05, 0) is 34.1 Å². The van der Waals surface area contributed by atoms with Crippen molar-refractivity contribution in [2.24, 2.45) is 0 Å². The van der Waals surface area contributed by atoms with Crippen molar-refractivity contribution in [2.45, 2.75) is 52.0 Å². The lowest BCUT2D eigenvalue weighted by molar-refractivity contribution is -0.187. The molecule has 2 N–H and O–H groups in total. The number of hydrogen-bond acceptors (Lipinski definition) is 6. The summed E-state index contributed by atoms with van der Waals surface area (Å²) in [5, 5.41) is 20.5. The Labute approximate surface area is 114 Å². The average molecular weight is 274 g/mol. The Morgan fingerprint density at radius 2 is 1.79 bits per heavy atom. The Bertz CT molecular complexity index is 312. The Hall–Kier alpha value is -0.690. The molecular weight excluding hydrogens is 248 g/mol. The third-order valence-electron chi connectivity index (χ3n) is 3.44. The molecule has 0 saturated carbocycles. The highest BCUT2D eigenvalue weighted by Crippen LogP contribution is 2.24. The molecule has 0 aromatic carbocycles. The van der Waals surface area contributed by atoms with Gasteiger partial charge in [0.25, 0.3) is 0 Å². The van der Waals surface area contributed by atoms with E-state index in [2.05, 4.69) is 0 Å². The topological polar surface area (TPSA) is 73.2 Å². The molecule has 6 heteroatoms. The van der Waals surface area contributed by atoms with Crippen molar-refractivity contribution in [1.29, 1.82) is 0 Å². The van der Waals surface area contributed by atoms with E-state index in [1.54, 1.807) is 32.6 Å². The number of aliphatic hydroxyl groups is 2. The van der Waals surface area contributed by atoms with Gasteiger partial charge in [-0.2, -0.15) is 0 Å². The lowest BCUT2D eigenvalue weighted by Gasteiger charge is -2.46. The van der Waals surface area contributed by atoms with Crippen molar-refractivity contribution in [3.63, 3.8) is 0 Å². The first-order valence-corrected chi connectivity index (χ1v) is 6.77. The molecule has 0 spiro atoms. The van der Waals surface area contributed by atoms with Gasteiger partial charge in [0.2, 0.25) is 0 Å². The van der Waals surface area contributed by atoms with Crippen LogP contribution in [0.5, 0.6) is 0 Å². The fourth-order valence-electron chi connectivity index (χ4n) is 2.24. The second kappa shape index (κ2) is 6.17. The molecular formula is C13H26N2O4. The van der Waals surface area contributed by atoms with Crippen molar-refractivity contribution in [1.82, 2.24) is 9.80 Å². The number of ether oxygens (including phenoxy) is 1. The summed E-state index contributed by atoms with van der Waals surface area (Å²) in [4.78, 5) is 15.2. The molecule has 19 heavy (non-hydrogen) atoms. The van der Waals surface area contributed by atoms with E-state index in [1.807, 2.05) is 4.90 Å². The number of nitrogens with zero attached hydrogens (tertiary/aromatic N) is 2. The second-order valence-corrected chi connectivity index (χ2v) is 5.72. The van der Waals surface area contributed by atoms with Crippen LogP contribution in [0.1, 0.15) is 40.5 Å². The van der Waals surface area contributed by atoms with Gasteiger partial charge >= 0.3 is 5.97 Å². The average Bonchev–Trinajstić information content (AvgIpc) is 2.27. The maximum absolute atomic E-state index is 11.5. The van der Waals surface area contributed by atoms with E-state index in [4.69, 9.17) is 4.74 Å². The lowest BCUT2D eigenvalue weighted by Crippen LogP contribution is -2.60. The van der Waals surface area contributed by atoms with E-state index in [0.717, 1.165) is 13.0 Å². The molecule has 1 heterocycles. The van der Waals surface area contributed by atoms with Gasteiger partial charge in [0, 0.05) is 13.1 Å². The molecule has 0 aromatic rings. The van der Waals surface area contributed by atoms with Gasteiger partial charge in [-0.1, -0.05) is 0 Å². The smallest absolute Gasteiger partial charge is 0.310 e. The van der Waals surface area contributed by atoms with Crippen LogP contribution < -0.4 is 0 Å². The van der Waals surface area contributed by atoms with Crippen LogP contribution in [-0.2, 0) is 9.53 Å². The number of carbonyl (C=O) groups is 1. The van der Waals surface area contributed by atoms with Crippen LogP contribution in [0.2, 0.25) is 0 Å². The summed E-state index contributed by atoms with van der Waals surface area (Å²) in [6.45, 7) is 8.99. The third kappa shape index (κ3) is 4.72. The zero-order valence-corrected chi connectivity index (χ0v) is 12.3. The summed E-state index contributed by atoms with van der Waals surface area (Å²) in [6.07, 6.45) is 0.767. The second-order valence-electron chi connectivity index (χ2n) is 5.72. The predicted octanol–water partition coefficient (Wildman–Crippen LogP) is 0.342. The molecule has 1 unspecified atom stereocenters. The fourth-order valence-corrected chi connectivity index (χ4v) is 2.24. The number of rotatable bonds is 5. The van der Waals surface area contributed by atoms with Gasteiger partial charge in [0.1, 0.15) is 11.4 Å². The third-order valence-corrected chi connectivity index (χ3v) is 3.44. The molecule has 0 radical (unpaired) electrons. The molecule has 1 atom stereocenters. The first-order valence-electron chi connectivity index (χ1n) is 6.77. The summed E-state index contributed by atoms with van der Waals surface area (Å²) < 4.78 is 4.87. The molecule has 1 rings (SSSR count). The van der Waals surface area contributed by atoms with E-state index in [-0.39, 0.29) is 6.42 Å². The SMILES string of the molecule is CCOC(=O)CC(C)(O)N1CCCN(C(C)(C)O)C1. The highest BCUT2D eigenvalue weighted by molar-refractivity contribution is 5.70. The molecule has 1 saturated heterocycles. The van der Waals surface area contributed by atoms with Crippen molar-refractivity contribution < 1.29 is 19.7 Å². The Morgan fingerprint density at radius 3 is 2.32 bits per heavy atom. The standard InChI is InChI=1S/C13H26N2O4/c1-5-19-11(16)9-13(4,18)15-8-6-7-14(10-15)12(2,3)17/h17-18H,5-10H2,1-4H3. The van der Waals surface area contributed by atoms with Crippen LogP contribution in [0.15, 0.2) is 0 Å². The monoisotopic (exact) mass is 274 g/mol. The van der Waals surface area contributed by atoms with Crippen molar-refractivity contribution >= 4 is 5.97 Å². The maximum Gasteiger partial charge on any atom is 0.310 e. The number of esters is 1. The maximum atomic E-state index is 11.5. The van der Waals surface area contributed by atoms with Crippen LogP contribution in [0.25, 0.3) is 0 Å². The van der Waals surface area contributed by atoms with E-state index < -0.39 is 17.4 Å². The summed E-state index contributed by atoms with van der Waals surface area (Å²) in [5.74, 6) is -0.409. The zero-order chi connectivity index (χ0) is 14.7. The summed E-state index contributed by atoms with van der Waals surface area (Å²) in [7, 11) is 0. The lowest BCUT2D eigenvalue weighted by atomic mass is 10.1. The Balaban J connectivity index is 2.64. The van der Waals surface area contributed by atoms with E-state index in [1.165, 1.54) is 0 Å². The Kier molecular flexibility index (Phi) is 5.32. The zero-order valence-electron chi connectivity index (χ0n) is 12.3. The quantitative estimate of drug-likeness (QED) is 0.704. The van der Waals surface area contributed by atoms with Crippen molar-refractivity contribution in [3.8, 4) is 0 Å². The molecule has 112 valence electrons. The summed E-state index contributed by atoms with van der Waals surface area (Å²) in [6, 6.07) is 0. The number of carbonyl (C=O) groups excluding carboxylic acids is 1. The van der Waals surface area contributed by atoms with Gasteiger partial charge in [0.15, 0.2) is 0 Å². The van der Waals surface area contributed by atoms with E-state index in [9.17, 15) is 15.0 Å². The molecule has 6 nitrogen and oxygen atoms in total. The Morgan fingerprint density at radius 1 is 1.21 bits per heavy atom. The molecule has 0 aromatic heterocycles. The minimum absolute atomic E-state index is 0.0689. The van der Waals surface area contributed by atoms with Gasteiger partial charge in [-0.15, -0.1) is 0 Å². The minimum Gasteiger partial charge on any atom is -0.466 e. The van der Waals surface area contributed by atoms with Gasteiger partial charge in [-0.25, -0.2) is 0 Å². The van der Waals surface area contributed by atoms with Crippen molar-refractivity contribution in [2.75, 3.05) is 26.4 Å². The van der Waals surface area contributed by atoms with E-state index >= 15 is 0 Å². The highest BCUT2D eigenvalue weighted by atomic mass is 16.5. The largest absolute Gasteiger partial charge is 0.466 e. The van der Waals surface area contributed by atoms with Crippen LogP contribution >= 0.6 is 0 Å². The first kappa shape index (κ1) is 16.4.